The van der Waals surface area contributed by atoms with Crippen LogP contribution in [0.3, 0.4) is 0 Å². The molecule has 6 nitrogen and oxygen atoms in total. The second kappa shape index (κ2) is 12.7. The van der Waals surface area contributed by atoms with Crippen molar-refractivity contribution >= 4 is 17.7 Å². The Morgan fingerprint density at radius 2 is 1.93 bits per heavy atom. The fourth-order valence-electron chi connectivity index (χ4n) is 3.60. The SMILES string of the molecule is C=C(C)CCC(=O)C(C)CCCC1(C)OCC(=CCOC(C)=O)CC[C@H]1OC(C)=O. The number of carbonyl (C=O) groups is 3. The molecule has 0 aliphatic carbocycles. The van der Waals surface area contributed by atoms with Crippen molar-refractivity contribution < 1.29 is 28.6 Å². The third-order valence-corrected chi connectivity index (χ3v) is 5.62. The van der Waals surface area contributed by atoms with Gasteiger partial charge < -0.3 is 14.2 Å². The van der Waals surface area contributed by atoms with Crippen LogP contribution in [0, 0.1) is 5.92 Å². The van der Waals surface area contributed by atoms with E-state index in [2.05, 4.69) is 6.58 Å². The lowest BCUT2D eigenvalue weighted by Crippen LogP contribution is -2.43. The van der Waals surface area contributed by atoms with Crippen LogP contribution < -0.4 is 0 Å². The number of ether oxygens (including phenoxy) is 3. The zero-order valence-corrected chi connectivity index (χ0v) is 19.3. The van der Waals surface area contributed by atoms with E-state index in [9.17, 15) is 14.4 Å². The maximum Gasteiger partial charge on any atom is 0.303 e. The summed E-state index contributed by atoms with van der Waals surface area (Å²) in [5, 5.41) is 0. The molecule has 0 bridgehead atoms. The number of hydrogen-bond donors (Lipinski definition) is 0. The molecule has 1 rings (SSSR count). The summed E-state index contributed by atoms with van der Waals surface area (Å²) in [5.41, 5.74) is 1.43. The van der Waals surface area contributed by atoms with Crippen LogP contribution in [0.5, 0.6) is 0 Å². The van der Waals surface area contributed by atoms with Crippen LogP contribution in [0.15, 0.2) is 23.8 Å². The van der Waals surface area contributed by atoms with E-state index in [0.29, 0.717) is 32.3 Å². The Bertz CT molecular complexity index is 650. The van der Waals surface area contributed by atoms with Crippen LogP contribution in [0.1, 0.15) is 79.6 Å². The molecule has 1 aliphatic heterocycles. The summed E-state index contributed by atoms with van der Waals surface area (Å²) < 4.78 is 16.8. The lowest BCUT2D eigenvalue weighted by molar-refractivity contribution is -0.167. The molecular weight excluding hydrogens is 384 g/mol. The third kappa shape index (κ3) is 9.70. The smallest absolute Gasteiger partial charge is 0.303 e. The maximum absolute atomic E-state index is 12.3. The molecule has 3 atom stereocenters. The van der Waals surface area contributed by atoms with E-state index in [1.165, 1.54) is 13.8 Å². The Hall–Kier alpha value is -1.95. The van der Waals surface area contributed by atoms with Crippen molar-refractivity contribution in [1.29, 1.82) is 0 Å². The zero-order chi connectivity index (χ0) is 22.7. The summed E-state index contributed by atoms with van der Waals surface area (Å²) in [6, 6.07) is 0. The Kier molecular flexibility index (Phi) is 11.0. The monoisotopic (exact) mass is 422 g/mol. The highest BCUT2D eigenvalue weighted by molar-refractivity contribution is 5.80. The first kappa shape index (κ1) is 26.1. The quantitative estimate of drug-likeness (QED) is 0.354. The number of allylic oxidation sites excluding steroid dienone is 1. The Balaban J connectivity index is 2.69. The third-order valence-electron chi connectivity index (χ3n) is 5.62. The largest absolute Gasteiger partial charge is 0.462 e. The van der Waals surface area contributed by atoms with Crippen LogP contribution >= 0.6 is 0 Å². The van der Waals surface area contributed by atoms with Gasteiger partial charge in [-0.2, -0.15) is 0 Å². The van der Waals surface area contributed by atoms with Gasteiger partial charge in [0.05, 0.1) is 6.61 Å². The molecule has 0 aromatic carbocycles. The lowest BCUT2D eigenvalue weighted by atomic mass is 9.87. The zero-order valence-electron chi connectivity index (χ0n) is 19.3. The molecule has 6 heteroatoms. The first-order chi connectivity index (χ1) is 14.0. The average Bonchev–Trinajstić information content (AvgIpc) is 2.79. The van der Waals surface area contributed by atoms with Gasteiger partial charge in [-0.3, -0.25) is 14.4 Å². The summed E-state index contributed by atoms with van der Waals surface area (Å²) in [4.78, 5) is 34.9. The molecule has 0 aromatic heterocycles. The molecular formula is C24H38O6. The molecule has 1 saturated heterocycles. The summed E-state index contributed by atoms with van der Waals surface area (Å²) in [7, 11) is 0. The highest BCUT2D eigenvalue weighted by Gasteiger charge is 2.39. The van der Waals surface area contributed by atoms with E-state index < -0.39 is 5.60 Å². The van der Waals surface area contributed by atoms with Gasteiger partial charge in [-0.05, 0) is 64.0 Å². The molecule has 1 heterocycles. The predicted molar refractivity (Wildman–Crippen MR) is 116 cm³/mol. The number of ketones is 1. The highest BCUT2D eigenvalue weighted by atomic mass is 16.6. The molecule has 1 aliphatic rings. The minimum absolute atomic E-state index is 0.00918. The van der Waals surface area contributed by atoms with Gasteiger partial charge in [0.15, 0.2) is 0 Å². The van der Waals surface area contributed by atoms with Crippen LogP contribution in [0.4, 0.5) is 0 Å². The van der Waals surface area contributed by atoms with Gasteiger partial charge in [-0.1, -0.05) is 12.5 Å². The minimum atomic E-state index is -0.622. The fourth-order valence-corrected chi connectivity index (χ4v) is 3.60. The van der Waals surface area contributed by atoms with Gasteiger partial charge in [-0.15, -0.1) is 6.58 Å². The minimum Gasteiger partial charge on any atom is -0.462 e. The van der Waals surface area contributed by atoms with Crippen molar-refractivity contribution in [1.82, 2.24) is 0 Å². The molecule has 0 radical (unpaired) electrons. The maximum atomic E-state index is 12.3. The fraction of sp³-hybridized carbons (Fsp3) is 0.708. The van der Waals surface area contributed by atoms with Gasteiger partial charge in [0.25, 0.3) is 0 Å². The Morgan fingerprint density at radius 3 is 2.53 bits per heavy atom. The Morgan fingerprint density at radius 1 is 1.23 bits per heavy atom. The lowest BCUT2D eigenvalue weighted by Gasteiger charge is -2.35. The summed E-state index contributed by atoms with van der Waals surface area (Å²) in [6.07, 6.45) is 6.42. The van der Waals surface area contributed by atoms with Crippen LogP contribution in [-0.4, -0.2) is 42.6 Å². The number of Topliss-reactive ketones (excluding diaryl/α,β-unsaturated/α-hetero) is 1. The van der Waals surface area contributed by atoms with Crippen molar-refractivity contribution in [2.45, 2.75) is 91.3 Å². The van der Waals surface area contributed by atoms with E-state index in [1.807, 2.05) is 26.8 Å². The van der Waals surface area contributed by atoms with E-state index in [-0.39, 0.29) is 36.4 Å². The number of rotatable bonds is 11. The molecule has 170 valence electrons. The van der Waals surface area contributed by atoms with Gasteiger partial charge in [0.1, 0.15) is 24.1 Å². The second-order valence-electron chi connectivity index (χ2n) is 8.62. The van der Waals surface area contributed by atoms with Crippen molar-refractivity contribution in [2.24, 2.45) is 5.92 Å². The first-order valence-electron chi connectivity index (χ1n) is 10.8. The van der Waals surface area contributed by atoms with Crippen molar-refractivity contribution in [3.8, 4) is 0 Å². The van der Waals surface area contributed by atoms with Crippen LogP contribution in [0.2, 0.25) is 0 Å². The molecule has 30 heavy (non-hydrogen) atoms. The molecule has 0 N–H and O–H groups in total. The second-order valence-corrected chi connectivity index (χ2v) is 8.62. The predicted octanol–water partition coefficient (Wildman–Crippen LogP) is 4.71. The Labute approximate surface area is 181 Å². The first-order valence-corrected chi connectivity index (χ1v) is 10.8. The van der Waals surface area contributed by atoms with E-state index in [4.69, 9.17) is 14.2 Å². The average molecular weight is 423 g/mol. The van der Waals surface area contributed by atoms with Crippen molar-refractivity contribution in [3.63, 3.8) is 0 Å². The number of hydrogen-bond acceptors (Lipinski definition) is 6. The molecule has 0 amide bonds. The van der Waals surface area contributed by atoms with Crippen LogP contribution in [0.25, 0.3) is 0 Å². The van der Waals surface area contributed by atoms with Gasteiger partial charge in [0.2, 0.25) is 0 Å². The van der Waals surface area contributed by atoms with Gasteiger partial charge in [-0.25, -0.2) is 0 Å². The molecule has 0 saturated carbocycles. The standard InChI is InChI=1S/C24H38O6/c1-17(2)9-11-22(27)18(3)8-7-14-24(6)23(30-20(5)26)12-10-21(16-29-24)13-15-28-19(4)25/h13,18,23H,1,7-12,14-16H2,2-6H3/t18?,23-,24?/m1/s1. The number of carbonyl (C=O) groups excluding carboxylic acids is 3. The van der Waals surface area contributed by atoms with Gasteiger partial charge >= 0.3 is 11.9 Å². The topological polar surface area (TPSA) is 78.9 Å². The van der Waals surface area contributed by atoms with E-state index in [0.717, 1.165) is 30.4 Å². The summed E-state index contributed by atoms with van der Waals surface area (Å²) in [5.74, 6) is -0.399. The molecule has 0 aromatic rings. The van der Waals surface area contributed by atoms with E-state index >= 15 is 0 Å². The number of esters is 2. The molecule has 0 spiro atoms. The highest BCUT2D eigenvalue weighted by Crippen LogP contribution is 2.34. The van der Waals surface area contributed by atoms with Crippen molar-refractivity contribution in [2.75, 3.05) is 13.2 Å². The molecule has 2 unspecified atom stereocenters. The van der Waals surface area contributed by atoms with E-state index in [1.54, 1.807) is 0 Å². The van der Waals surface area contributed by atoms with Crippen molar-refractivity contribution in [3.05, 3.63) is 23.8 Å². The molecule has 1 fully saturated rings. The van der Waals surface area contributed by atoms with Crippen LogP contribution in [-0.2, 0) is 28.6 Å². The summed E-state index contributed by atoms with van der Waals surface area (Å²) >= 11 is 0. The van der Waals surface area contributed by atoms with Gasteiger partial charge in [0, 0.05) is 26.2 Å². The normalized spacial score (nSPS) is 24.0. The summed E-state index contributed by atoms with van der Waals surface area (Å²) in [6.45, 7) is 13.1.